The quantitative estimate of drug-likeness (QED) is 0.733. The van der Waals surface area contributed by atoms with Crippen LogP contribution in [0.15, 0.2) is 42.9 Å². The summed E-state index contributed by atoms with van der Waals surface area (Å²) in [7, 11) is 1.70. The van der Waals surface area contributed by atoms with Crippen molar-refractivity contribution >= 4 is 23.2 Å². The number of amides is 1. The van der Waals surface area contributed by atoms with E-state index in [4.69, 9.17) is 16.3 Å². The highest BCUT2D eigenvalue weighted by atomic mass is 35.5. The minimum Gasteiger partial charge on any atom is -0.471 e. The van der Waals surface area contributed by atoms with Gasteiger partial charge in [0.25, 0.3) is 5.91 Å². The maximum Gasteiger partial charge on any atom is 0.277 e. The first-order valence-electron chi connectivity index (χ1n) is 7.80. The van der Waals surface area contributed by atoms with E-state index in [1.54, 1.807) is 24.1 Å². The SMILES string of the molecule is CCc1ccc(OCn2cc(NC(=O)c3nn(C)cc3Cl)cn2)cc1. The van der Waals surface area contributed by atoms with E-state index in [0.29, 0.717) is 10.7 Å². The molecular formula is C17H18ClN5O2. The summed E-state index contributed by atoms with van der Waals surface area (Å²) < 4.78 is 8.74. The number of nitrogens with zero attached hydrogens (tertiary/aromatic N) is 4. The van der Waals surface area contributed by atoms with E-state index in [1.807, 2.05) is 24.3 Å². The fourth-order valence-corrected chi connectivity index (χ4v) is 2.53. The Labute approximate surface area is 150 Å². The van der Waals surface area contributed by atoms with Gasteiger partial charge in [-0.3, -0.25) is 9.48 Å². The molecule has 0 aliphatic carbocycles. The van der Waals surface area contributed by atoms with Crippen molar-refractivity contribution in [3.8, 4) is 5.75 Å². The van der Waals surface area contributed by atoms with Crippen LogP contribution in [0.2, 0.25) is 5.02 Å². The van der Waals surface area contributed by atoms with Crippen LogP contribution in [0.1, 0.15) is 23.0 Å². The van der Waals surface area contributed by atoms with Gasteiger partial charge in [0.05, 0.1) is 23.1 Å². The number of carbonyl (C=O) groups excluding carboxylic acids is 1. The monoisotopic (exact) mass is 359 g/mol. The van der Waals surface area contributed by atoms with Crippen LogP contribution in [0.25, 0.3) is 0 Å². The van der Waals surface area contributed by atoms with E-state index in [9.17, 15) is 4.79 Å². The smallest absolute Gasteiger partial charge is 0.277 e. The minimum absolute atomic E-state index is 0.171. The highest BCUT2D eigenvalue weighted by Gasteiger charge is 2.15. The second-order valence-corrected chi connectivity index (χ2v) is 5.90. The summed E-state index contributed by atoms with van der Waals surface area (Å²) in [6, 6.07) is 7.91. The van der Waals surface area contributed by atoms with Crippen molar-refractivity contribution in [1.82, 2.24) is 19.6 Å². The number of hydrogen-bond donors (Lipinski definition) is 1. The van der Waals surface area contributed by atoms with Gasteiger partial charge in [0, 0.05) is 13.2 Å². The lowest BCUT2D eigenvalue weighted by Crippen LogP contribution is -2.13. The van der Waals surface area contributed by atoms with Gasteiger partial charge in [-0.1, -0.05) is 30.7 Å². The van der Waals surface area contributed by atoms with Crippen LogP contribution in [0.5, 0.6) is 5.75 Å². The van der Waals surface area contributed by atoms with E-state index in [1.165, 1.54) is 16.4 Å². The van der Waals surface area contributed by atoms with Gasteiger partial charge in [0.15, 0.2) is 12.4 Å². The number of nitrogens with one attached hydrogen (secondary N) is 1. The number of aryl methyl sites for hydroxylation is 2. The number of benzene rings is 1. The predicted octanol–water partition coefficient (Wildman–Crippen LogP) is 3.12. The average molecular weight is 360 g/mol. The molecule has 0 saturated carbocycles. The summed E-state index contributed by atoms with van der Waals surface area (Å²) in [6.07, 6.45) is 5.77. The lowest BCUT2D eigenvalue weighted by Gasteiger charge is -2.06. The average Bonchev–Trinajstić information content (AvgIpc) is 3.19. The van der Waals surface area contributed by atoms with Crippen LogP contribution >= 0.6 is 11.6 Å². The molecule has 3 aromatic rings. The molecule has 2 aromatic heterocycles. The van der Waals surface area contributed by atoms with E-state index in [2.05, 4.69) is 22.4 Å². The van der Waals surface area contributed by atoms with Crippen LogP contribution in [0.4, 0.5) is 5.69 Å². The Hall–Kier alpha value is -2.80. The van der Waals surface area contributed by atoms with Gasteiger partial charge in [-0.2, -0.15) is 10.2 Å². The third-order valence-electron chi connectivity index (χ3n) is 3.59. The molecule has 0 saturated heterocycles. The summed E-state index contributed by atoms with van der Waals surface area (Å²) in [4.78, 5) is 12.2. The van der Waals surface area contributed by atoms with Gasteiger partial charge in [-0.05, 0) is 24.1 Å². The third-order valence-corrected chi connectivity index (χ3v) is 3.86. The van der Waals surface area contributed by atoms with Crippen LogP contribution in [-0.2, 0) is 20.2 Å². The Morgan fingerprint density at radius 2 is 2.04 bits per heavy atom. The zero-order valence-electron chi connectivity index (χ0n) is 13.9. The van der Waals surface area contributed by atoms with Crippen LogP contribution in [0, 0.1) is 0 Å². The van der Waals surface area contributed by atoms with E-state index in [-0.39, 0.29) is 18.3 Å². The summed E-state index contributed by atoms with van der Waals surface area (Å²) in [6.45, 7) is 2.35. The first-order chi connectivity index (χ1) is 12.0. The van der Waals surface area contributed by atoms with E-state index < -0.39 is 0 Å². The molecule has 8 heteroatoms. The molecule has 0 atom stereocenters. The van der Waals surface area contributed by atoms with Crippen molar-refractivity contribution in [3.63, 3.8) is 0 Å². The molecule has 1 N–H and O–H groups in total. The summed E-state index contributed by atoms with van der Waals surface area (Å²) >= 11 is 5.97. The van der Waals surface area contributed by atoms with Crippen molar-refractivity contribution in [2.75, 3.05) is 5.32 Å². The summed E-state index contributed by atoms with van der Waals surface area (Å²) in [5, 5.41) is 11.2. The molecule has 0 spiro atoms. The van der Waals surface area contributed by atoms with Gasteiger partial charge in [0.1, 0.15) is 5.75 Å². The molecule has 7 nitrogen and oxygen atoms in total. The Morgan fingerprint density at radius 3 is 2.68 bits per heavy atom. The van der Waals surface area contributed by atoms with E-state index in [0.717, 1.165) is 12.2 Å². The largest absolute Gasteiger partial charge is 0.471 e. The van der Waals surface area contributed by atoms with Crippen molar-refractivity contribution < 1.29 is 9.53 Å². The molecule has 2 heterocycles. The molecule has 130 valence electrons. The highest BCUT2D eigenvalue weighted by Crippen LogP contribution is 2.16. The molecule has 3 rings (SSSR count). The van der Waals surface area contributed by atoms with Crippen molar-refractivity contribution in [2.24, 2.45) is 7.05 Å². The Balaban J connectivity index is 1.58. The second-order valence-electron chi connectivity index (χ2n) is 5.49. The van der Waals surface area contributed by atoms with Gasteiger partial charge in [0.2, 0.25) is 0 Å². The molecule has 0 aliphatic rings. The number of hydrogen-bond acceptors (Lipinski definition) is 4. The number of halogens is 1. The molecule has 0 bridgehead atoms. The van der Waals surface area contributed by atoms with Crippen LogP contribution < -0.4 is 10.1 Å². The lowest BCUT2D eigenvalue weighted by molar-refractivity contribution is 0.102. The Kier molecular flexibility index (Phi) is 5.04. The highest BCUT2D eigenvalue weighted by molar-refractivity contribution is 6.34. The number of anilines is 1. The molecule has 1 amide bonds. The van der Waals surface area contributed by atoms with Gasteiger partial charge in [-0.25, -0.2) is 4.68 Å². The molecule has 0 unspecified atom stereocenters. The topological polar surface area (TPSA) is 74.0 Å². The van der Waals surface area contributed by atoms with Crippen LogP contribution in [-0.4, -0.2) is 25.5 Å². The van der Waals surface area contributed by atoms with Crippen LogP contribution in [0.3, 0.4) is 0 Å². The maximum absolute atomic E-state index is 12.2. The summed E-state index contributed by atoms with van der Waals surface area (Å²) in [5.74, 6) is 0.375. The van der Waals surface area contributed by atoms with Gasteiger partial charge < -0.3 is 10.1 Å². The van der Waals surface area contributed by atoms with Crippen molar-refractivity contribution in [2.45, 2.75) is 20.1 Å². The maximum atomic E-state index is 12.2. The molecule has 1 aromatic carbocycles. The Morgan fingerprint density at radius 1 is 1.28 bits per heavy atom. The fraction of sp³-hybridized carbons (Fsp3) is 0.235. The zero-order valence-corrected chi connectivity index (χ0v) is 14.7. The van der Waals surface area contributed by atoms with Gasteiger partial charge >= 0.3 is 0 Å². The molecular weight excluding hydrogens is 342 g/mol. The standard InChI is InChI=1S/C17H18ClN5O2/c1-3-12-4-6-14(7-5-12)25-11-23-9-13(8-19-23)20-17(24)16-15(18)10-22(2)21-16/h4-10H,3,11H2,1-2H3,(H,20,24). The van der Waals surface area contributed by atoms with E-state index >= 15 is 0 Å². The lowest BCUT2D eigenvalue weighted by atomic mass is 10.2. The third kappa shape index (κ3) is 4.19. The number of aromatic nitrogens is 4. The first-order valence-corrected chi connectivity index (χ1v) is 8.17. The first kappa shape index (κ1) is 17.0. The van der Waals surface area contributed by atoms with Crippen molar-refractivity contribution in [1.29, 1.82) is 0 Å². The fourth-order valence-electron chi connectivity index (χ4n) is 2.26. The normalized spacial score (nSPS) is 10.7. The second kappa shape index (κ2) is 7.40. The summed E-state index contributed by atoms with van der Waals surface area (Å²) in [5.41, 5.74) is 1.96. The molecule has 0 fully saturated rings. The number of rotatable bonds is 6. The molecule has 0 radical (unpaired) electrons. The molecule has 0 aliphatic heterocycles. The Bertz CT molecular complexity index is 870. The number of ether oxygens (including phenoxy) is 1. The van der Waals surface area contributed by atoms with Gasteiger partial charge in [-0.15, -0.1) is 0 Å². The predicted molar refractivity (Wildman–Crippen MR) is 94.8 cm³/mol. The number of carbonyl (C=O) groups is 1. The van der Waals surface area contributed by atoms with Crippen molar-refractivity contribution in [3.05, 3.63) is 59.1 Å². The minimum atomic E-state index is -0.388. The molecule has 25 heavy (non-hydrogen) atoms. The zero-order chi connectivity index (χ0) is 17.8.